The highest BCUT2D eigenvalue weighted by atomic mass is 16.5. The van der Waals surface area contributed by atoms with Gasteiger partial charge < -0.3 is 15.0 Å². The summed E-state index contributed by atoms with van der Waals surface area (Å²) in [7, 11) is 0. The number of pyridine rings is 1. The van der Waals surface area contributed by atoms with E-state index in [0.717, 1.165) is 11.4 Å². The Balaban J connectivity index is 1.48. The molecular weight excluding hydrogens is 342 g/mol. The number of benzene rings is 1. The summed E-state index contributed by atoms with van der Waals surface area (Å²) in [4.78, 5) is 19.2. The second-order valence-electron chi connectivity index (χ2n) is 6.49. The van der Waals surface area contributed by atoms with Crippen molar-refractivity contribution in [1.82, 2.24) is 20.1 Å². The maximum atomic E-state index is 12.7. The number of amides is 1. The summed E-state index contributed by atoms with van der Waals surface area (Å²) in [6, 6.07) is 16.9. The number of morpholine rings is 1. The van der Waals surface area contributed by atoms with Gasteiger partial charge in [-0.2, -0.15) is 5.10 Å². The predicted molar refractivity (Wildman–Crippen MR) is 102 cm³/mol. The molecule has 27 heavy (non-hydrogen) atoms. The molecule has 3 heterocycles. The molecule has 4 rings (SSSR count). The molecule has 2 aromatic heterocycles. The lowest BCUT2D eigenvalue weighted by Crippen LogP contribution is -2.42. The van der Waals surface area contributed by atoms with Crippen molar-refractivity contribution in [1.29, 1.82) is 0 Å². The molecule has 1 aromatic carbocycles. The van der Waals surface area contributed by atoms with Crippen LogP contribution in [0.5, 0.6) is 0 Å². The number of hydrogen-bond acceptors (Lipinski definition) is 5. The summed E-state index contributed by atoms with van der Waals surface area (Å²) in [6.07, 6.45) is -0.255. The zero-order chi connectivity index (χ0) is 18.6. The van der Waals surface area contributed by atoms with Crippen LogP contribution in [0.4, 0.5) is 11.6 Å². The lowest BCUT2D eigenvalue weighted by Gasteiger charge is -2.32. The second kappa shape index (κ2) is 7.59. The van der Waals surface area contributed by atoms with Crippen LogP contribution in [0.3, 0.4) is 0 Å². The van der Waals surface area contributed by atoms with Gasteiger partial charge >= 0.3 is 0 Å². The highest BCUT2D eigenvalue weighted by Gasteiger charge is 2.27. The number of nitrogens with one attached hydrogen (secondary N) is 2. The van der Waals surface area contributed by atoms with Crippen LogP contribution in [0.15, 0.2) is 54.6 Å². The molecule has 3 aromatic rings. The van der Waals surface area contributed by atoms with Crippen LogP contribution in [0.1, 0.15) is 27.8 Å². The van der Waals surface area contributed by atoms with Gasteiger partial charge in [0.1, 0.15) is 11.9 Å². The van der Waals surface area contributed by atoms with Crippen molar-refractivity contribution in [2.24, 2.45) is 0 Å². The summed E-state index contributed by atoms with van der Waals surface area (Å²) in [5.74, 6) is 1.42. The van der Waals surface area contributed by atoms with Crippen molar-refractivity contribution in [3.05, 3.63) is 71.5 Å². The molecule has 1 amide bonds. The third-order valence-electron chi connectivity index (χ3n) is 4.44. The van der Waals surface area contributed by atoms with E-state index in [4.69, 9.17) is 4.74 Å². The average Bonchev–Trinajstić information content (AvgIpc) is 3.13. The largest absolute Gasteiger partial charge is 0.368 e. The molecule has 0 spiro atoms. The van der Waals surface area contributed by atoms with E-state index in [1.165, 1.54) is 0 Å². The Bertz CT molecular complexity index is 925. The highest BCUT2D eigenvalue weighted by Crippen LogP contribution is 2.24. The molecule has 0 saturated carbocycles. The van der Waals surface area contributed by atoms with Crippen molar-refractivity contribution in [3.63, 3.8) is 0 Å². The van der Waals surface area contributed by atoms with Crippen LogP contribution >= 0.6 is 0 Å². The monoisotopic (exact) mass is 363 g/mol. The standard InChI is InChI=1S/C20H21N5O2/c1-14-12-19(24-23-14)22-18-9-5-8-16(21-18)17-13-25(10-11-27-17)20(26)15-6-3-2-4-7-15/h2-9,12,17H,10-11,13H2,1H3,(H2,21,22,23,24)/t17-/m0/s1. The first-order valence-corrected chi connectivity index (χ1v) is 8.91. The molecule has 1 aliphatic rings. The second-order valence-corrected chi connectivity index (χ2v) is 6.49. The number of anilines is 2. The minimum absolute atomic E-state index is 0.0187. The lowest BCUT2D eigenvalue weighted by atomic mass is 10.1. The molecule has 1 saturated heterocycles. The Morgan fingerprint density at radius 2 is 2.04 bits per heavy atom. The quantitative estimate of drug-likeness (QED) is 0.744. The van der Waals surface area contributed by atoms with Crippen LogP contribution in [0.25, 0.3) is 0 Å². The third kappa shape index (κ3) is 3.98. The van der Waals surface area contributed by atoms with Gasteiger partial charge in [-0.15, -0.1) is 0 Å². The summed E-state index contributed by atoms with van der Waals surface area (Å²) >= 11 is 0. The summed E-state index contributed by atoms with van der Waals surface area (Å²) in [5.41, 5.74) is 2.45. The Labute approximate surface area is 157 Å². The van der Waals surface area contributed by atoms with Crippen molar-refractivity contribution >= 4 is 17.5 Å². The van der Waals surface area contributed by atoms with E-state index >= 15 is 0 Å². The van der Waals surface area contributed by atoms with Gasteiger partial charge in [0.15, 0.2) is 5.82 Å². The van der Waals surface area contributed by atoms with E-state index in [0.29, 0.717) is 36.9 Å². The number of aryl methyl sites for hydroxylation is 1. The zero-order valence-corrected chi connectivity index (χ0v) is 15.1. The number of nitrogens with zero attached hydrogens (tertiary/aromatic N) is 3. The summed E-state index contributed by atoms with van der Waals surface area (Å²) in [6.45, 7) is 3.48. The molecule has 0 unspecified atom stereocenters. The first-order valence-electron chi connectivity index (χ1n) is 8.91. The summed E-state index contributed by atoms with van der Waals surface area (Å²) in [5, 5.41) is 10.2. The van der Waals surface area contributed by atoms with Gasteiger partial charge in [0.2, 0.25) is 0 Å². The SMILES string of the molecule is Cc1cc(Nc2cccc([C@@H]3CN(C(=O)c4ccccc4)CCO3)n2)n[nH]1. The number of rotatable bonds is 4. The number of aromatic nitrogens is 3. The molecule has 7 heteroatoms. The number of aromatic amines is 1. The van der Waals surface area contributed by atoms with Gasteiger partial charge in [-0.05, 0) is 31.2 Å². The molecule has 0 aliphatic carbocycles. The maximum Gasteiger partial charge on any atom is 0.254 e. The molecular formula is C20H21N5O2. The van der Waals surface area contributed by atoms with Gasteiger partial charge in [-0.25, -0.2) is 4.98 Å². The minimum atomic E-state index is -0.255. The van der Waals surface area contributed by atoms with E-state index in [1.807, 2.05) is 66.4 Å². The van der Waals surface area contributed by atoms with Crippen LogP contribution in [0, 0.1) is 6.92 Å². The fourth-order valence-corrected chi connectivity index (χ4v) is 3.09. The lowest BCUT2D eigenvalue weighted by molar-refractivity contribution is -0.0246. The number of H-pyrrole nitrogens is 1. The Kier molecular flexibility index (Phi) is 4.84. The molecule has 0 bridgehead atoms. The van der Waals surface area contributed by atoms with E-state index in [2.05, 4.69) is 20.5 Å². The van der Waals surface area contributed by atoms with Crippen molar-refractivity contribution < 1.29 is 9.53 Å². The molecule has 0 radical (unpaired) electrons. The minimum Gasteiger partial charge on any atom is -0.368 e. The van der Waals surface area contributed by atoms with Crippen LogP contribution in [0.2, 0.25) is 0 Å². The number of ether oxygens (including phenoxy) is 1. The van der Waals surface area contributed by atoms with Gasteiger partial charge in [-0.3, -0.25) is 9.89 Å². The van der Waals surface area contributed by atoms with Crippen molar-refractivity contribution in [3.8, 4) is 0 Å². The maximum absolute atomic E-state index is 12.7. The van der Waals surface area contributed by atoms with Crippen molar-refractivity contribution in [2.75, 3.05) is 25.0 Å². The molecule has 1 aliphatic heterocycles. The number of carbonyl (C=O) groups is 1. The van der Waals surface area contributed by atoms with Gasteiger partial charge in [-0.1, -0.05) is 24.3 Å². The molecule has 138 valence electrons. The highest BCUT2D eigenvalue weighted by molar-refractivity contribution is 5.94. The first kappa shape index (κ1) is 17.2. The van der Waals surface area contributed by atoms with E-state index in [1.54, 1.807) is 0 Å². The smallest absolute Gasteiger partial charge is 0.254 e. The van der Waals surface area contributed by atoms with Crippen LogP contribution in [-0.2, 0) is 4.74 Å². The fraction of sp³-hybridized carbons (Fsp3) is 0.250. The molecule has 7 nitrogen and oxygen atoms in total. The first-order chi connectivity index (χ1) is 13.2. The van der Waals surface area contributed by atoms with E-state index in [-0.39, 0.29) is 12.0 Å². The molecule has 2 N–H and O–H groups in total. The molecule has 1 fully saturated rings. The van der Waals surface area contributed by atoms with Crippen LogP contribution in [-0.4, -0.2) is 45.7 Å². The number of carbonyl (C=O) groups excluding carboxylic acids is 1. The number of hydrogen-bond donors (Lipinski definition) is 2. The third-order valence-corrected chi connectivity index (χ3v) is 4.44. The Morgan fingerprint density at radius 3 is 2.81 bits per heavy atom. The Morgan fingerprint density at radius 1 is 1.19 bits per heavy atom. The normalized spacial score (nSPS) is 16.9. The van der Waals surface area contributed by atoms with Crippen LogP contribution < -0.4 is 5.32 Å². The van der Waals surface area contributed by atoms with E-state index < -0.39 is 0 Å². The molecule has 1 atom stereocenters. The van der Waals surface area contributed by atoms with Gasteiger partial charge in [0.25, 0.3) is 5.91 Å². The van der Waals surface area contributed by atoms with Gasteiger partial charge in [0, 0.05) is 23.9 Å². The zero-order valence-electron chi connectivity index (χ0n) is 15.1. The van der Waals surface area contributed by atoms with Crippen molar-refractivity contribution in [2.45, 2.75) is 13.0 Å². The van der Waals surface area contributed by atoms with E-state index in [9.17, 15) is 4.79 Å². The van der Waals surface area contributed by atoms with Gasteiger partial charge in [0.05, 0.1) is 18.8 Å². The predicted octanol–water partition coefficient (Wildman–Crippen LogP) is 3.07. The Hall–Kier alpha value is -3.19. The average molecular weight is 363 g/mol. The summed E-state index contributed by atoms with van der Waals surface area (Å²) < 4.78 is 5.88. The topological polar surface area (TPSA) is 83.1 Å². The fourth-order valence-electron chi connectivity index (χ4n) is 3.09.